The summed E-state index contributed by atoms with van der Waals surface area (Å²) in [5.74, 6) is 0.120. The van der Waals surface area contributed by atoms with E-state index in [1.54, 1.807) is 0 Å². The molecule has 1 fully saturated rings. The van der Waals surface area contributed by atoms with Crippen molar-refractivity contribution in [2.24, 2.45) is 0 Å². The third-order valence-electron chi connectivity index (χ3n) is 3.53. The zero-order valence-corrected chi connectivity index (χ0v) is 12.6. The maximum atomic E-state index is 9.99. The average molecular weight is 332 g/mol. The summed E-state index contributed by atoms with van der Waals surface area (Å²) in [6.45, 7) is -0.575. The highest BCUT2D eigenvalue weighted by atomic mass is 16.7. The molecule has 0 radical (unpaired) electrons. The smallest absolute Gasteiger partial charge is 0.229 e. The van der Waals surface area contributed by atoms with Crippen molar-refractivity contribution in [1.82, 2.24) is 0 Å². The van der Waals surface area contributed by atoms with Gasteiger partial charge in [-0.25, -0.2) is 0 Å². The highest BCUT2D eigenvalue weighted by Crippen LogP contribution is 2.42. The van der Waals surface area contributed by atoms with E-state index in [1.165, 1.54) is 26.4 Å². The van der Waals surface area contributed by atoms with E-state index >= 15 is 0 Å². The van der Waals surface area contributed by atoms with Crippen LogP contribution in [0.4, 0.5) is 0 Å². The van der Waals surface area contributed by atoms with E-state index in [-0.39, 0.29) is 23.0 Å². The number of hydrogen-bond donors (Lipinski definition) is 5. The van der Waals surface area contributed by atoms with Crippen LogP contribution in [0.25, 0.3) is 0 Å². The number of ether oxygens (including phenoxy) is 4. The number of hydrogen-bond acceptors (Lipinski definition) is 9. The Labute approximate surface area is 132 Å². The molecule has 9 heteroatoms. The Kier molecular flexibility index (Phi) is 5.50. The summed E-state index contributed by atoms with van der Waals surface area (Å²) in [5, 5.41) is 48.3. The molecule has 130 valence electrons. The fourth-order valence-corrected chi connectivity index (χ4v) is 2.26. The monoisotopic (exact) mass is 332 g/mol. The molecular formula is C14H20O9. The van der Waals surface area contributed by atoms with Crippen molar-refractivity contribution in [3.05, 3.63) is 12.1 Å². The molecule has 5 N–H and O–H groups in total. The molecule has 1 aliphatic rings. The molecule has 0 spiro atoms. The Bertz CT molecular complexity index is 508. The summed E-state index contributed by atoms with van der Waals surface area (Å²) in [6.07, 6.45) is -7.13. The van der Waals surface area contributed by atoms with Crippen LogP contribution in [0, 0.1) is 0 Å². The van der Waals surface area contributed by atoms with E-state index in [1.807, 2.05) is 0 Å². The standard InChI is InChI=1S/C14H20O9/c1-20-7-3-6(16)4-8(21-2)13(7)23-14-12(19)11(18)10(17)9(5-15)22-14/h3-4,9-12,14-19H,5H2,1-2H3/t9-,10+,11+,12-,14+/m1/s1. The molecule has 0 bridgehead atoms. The normalized spacial score (nSPS) is 30.8. The van der Waals surface area contributed by atoms with E-state index in [4.69, 9.17) is 18.9 Å². The molecule has 1 aromatic rings. The van der Waals surface area contributed by atoms with Gasteiger partial charge >= 0.3 is 0 Å². The topological polar surface area (TPSA) is 138 Å². The highest BCUT2D eigenvalue weighted by Gasteiger charge is 2.45. The van der Waals surface area contributed by atoms with Gasteiger partial charge in [-0.15, -0.1) is 0 Å². The summed E-state index contributed by atoms with van der Waals surface area (Å²) in [5.41, 5.74) is 0. The third kappa shape index (κ3) is 3.43. The molecule has 0 aromatic heterocycles. The van der Waals surface area contributed by atoms with Gasteiger partial charge in [0, 0.05) is 12.1 Å². The molecule has 0 unspecified atom stereocenters. The minimum Gasteiger partial charge on any atom is -0.508 e. The number of aliphatic hydroxyl groups excluding tert-OH is 4. The Hall–Kier alpha value is -1.78. The minimum absolute atomic E-state index is 0.0251. The number of phenolic OH excluding ortho intramolecular Hbond substituents is 1. The second-order valence-electron chi connectivity index (χ2n) is 4.99. The summed E-state index contributed by atoms with van der Waals surface area (Å²) < 4.78 is 20.9. The van der Waals surface area contributed by atoms with Crippen molar-refractivity contribution in [1.29, 1.82) is 0 Å². The van der Waals surface area contributed by atoms with Crippen LogP contribution in [0.5, 0.6) is 23.0 Å². The Morgan fingerprint density at radius 2 is 1.57 bits per heavy atom. The van der Waals surface area contributed by atoms with Crippen molar-refractivity contribution >= 4 is 0 Å². The van der Waals surface area contributed by atoms with Crippen molar-refractivity contribution < 1.29 is 44.5 Å². The van der Waals surface area contributed by atoms with Gasteiger partial charge in [0.2, 0.25) is 12.0 Å². The van der Waals surface area contributed by atoms with Crippen molar-refractivity contribution in [3.63, 3.8) is 0 Å². The zero-order valence-electron chi connectivity index (χ0n) is 12.6. The first-order valence-electron chi connectivity index (χ1n) is 6.85. The van der Waals surface area contributed by atoms with Gasteiger partial charge in [-0.2, -0.15) is 0 Å². The molecule has 1 heterocycles. The number of rotatable bonds is 5. The lowest BCUT2D eigenvalue weighted by atomic mass is 9.99. The van der Waals surface area contributed by atoms with Gasteiger partial charge in [0.05, 0.1) is 20.8 Å². The zero-order chi connectivity index (χ0) is 17.1. The van der Waals surface area contributed by atoms with Crippen LogP contribution in [-0.2, 0) is 4.74 Å². The van der Waals surface area contributed by atoms with E-state index in [2.05, 4.69) is 0 Å². The largest absolute Gasteiger partial charge is 0.508 e. The molecule has 1 aliphatic heterocycles. The van der Waals surface area contributed by atoms with Crippen LogP contribution >= 0.6 is 0 Å². The van der Waals surface area contributed by atoms with Gasteiger partial charge in [-0.05, 0) is 0 Å². The van der Waals surface area contributed by atoms with Crippen LogP contribution in [0.2, 0.25) is 0 Å². The SMILES string of the molecule is COc1cc(O)cc(OC)c1O[C@@H]1O[C@H](CO)[C@H](O)[C@H](O)[C@H]1O. The second-order valence-corrected chi connectivity index (χ2v) is 4.99. The van der Waals surface area contributed by atoms with Crippen LogP contribution in [0.15, 0.2) is 12.1 Å². The number of phenols is 1. The molecule has 0 aliphatic carbocycles. The maximum absolute atomic E-state index is 9.99. The lowest BCUT2D eigenvalue weighted by Crippen LogP contribution is -2.60. The first-order chi connectivity index (χ1) is 10.9. The number of methoxy groups -OCH3 is 2. The van der Waals surface area contributed by atoms with Gasteiger partial charge in [-0.3, -0.25) is 0 Å². The molecule has 23 heavy (non-hydrogen) atoms. The third-order valence-corrected chi connectivity index (χ3v) is 3.53. The summed E-state index contributed by atoms with van der Waals surface area (Å²) in [6, 6.07) is 2.53. The molecule has 2 rings (SSSR count). The summed E-state index contributed by atoms with van der Waals surface area (Å²) in [4.78, 5) is 0. The Morgan fingerprint density at radius 1 is 1.00 bits per heavy atom. The molecule has 0 amide bonds. The average Bonchev–Trinajstić information content (AvgIpc) is 2.55. The van der Waals surface area contributed by atoms with Crippen LogP contribution in [0.3, 0.4) is 0 Å². The molecule has 1 aromatic carbocycles. The Morgan fingerprint density at radius 3 is 2.04 bits per heavy atom. The van der Waals surface area contributed by atoms with E-state index in [0.29, 0.717) is 0 Å². The number of aromatic hydroxyl groups is 1. The van der Waals surface area contributed by atoms with E-state index in [0.717, 1.165) is 0 Å². The van der Waals surface area contributed by atoms with Gasteiger partial charge in [-0.1, -0.05) is 0 Å². The molecule has 0 saturated carbocycles. The fourth-order valence-electron chi connectivity index (χ4n) is 2.26. The van der Waals surface area contributed by atoms with E-state index in [9.17, 15) is 25.5 Å². The predicted molar refractivity (Wildman–Crippen MR) is 75.6 cm³/mol. The predicted octanol–water partition coefficient (Wildman–Crippen LogP) is -1.41. The molecule has 5 atom stereocenters. The summed E-state index contributed by atoms with van der Waals surface area (Å²) in [7, 11) is 2.68. The van der Waals surface area contributed by atoms with Gasteiger partial charge in [0.15, 0.2) is 11.5 Å². The lowest BCUT2D eigenvalue weighted by molar-refractivity contribution is -0.277. The Balaban J connectivity index is 2.30. The van der Waals surface area contributed by atoms with Crippen molar-refractivity contribution in [3.8, 4) is 23.0 Å². The van der Waals surface area contributed by atoms with Gasteiger partial charge in [0.1, 0.15) is 30.2 Å². The van der Waals surface area contributed by atoms with Gasteiger partial charge < -0.3 is 44.5 Å². The minimum atomic E-state index is -1.57. The number of benzene rings is 1. The molecular weight excluding hydrogens is 312 g/mol. The first-order valence-corrected chi connectivity index (χ1v) is 6.85. The van der Waals surface area contributed by atoms with Crippen LogP contribution in [-0.4, -0.2) is 77.1 Å². The number of aliphatic hydroxyl groups is 4. The second kappa shape index (κ2) is 7.20. The highest BCUT2D eigenvalue weighted by molar-refractivity contribution is 5.55. The molecule has 1 saturated heterocycles. The maximum Gasteiger partial charge on any atom is 0.229 e. The summed E-state index contributed by atoms with van der Waals surface area (Å²) >= 11 is 0. The van der Waals surface area contributed by atoms with Crippen LogP contribution in [0.1, 0.15) is 0 Å². The van der Waals surface area contributed by atoms with Crippen molar-refractivity contribution in [2.75, 3.05) is 20.8 Å². The quantitative estimate of drug-likeness (QED) is 0.440. The first kappa shape index (κ1) is 17.6. The molecule has 9 nitrogen and oxygen atoms in total. The van der Waals surface area contributed by atoms with Crippen LogP contribution < -0.4 is 14.2 Å². The van der Waals surface area contributed by atoms with E-state index < -0.39 is 37.3 Å². The lowest BCUT2D eigenvalue weighted by Gasteiger charge is -2.39. The van der Waals surface area contributed by atoms with Crippen molar-refractivity contribution in [2.45, 2.75) is 30.7 Å². The van der Waals surface area contributed by atoms with Gasteiger partial charge in [0.25, 0.3) is 0 Å². The fraction of sp³-hybridized carbons (Fsp3) is 0.571.